The van der Waals surface area contributed by atoms with Gasteiger partial charge in [-0.15, -0.1) is 0 Å². The van der Waals surface area contributed by atoms with Crippen molar-refractivity contribution in [3.8, 4) is 11.5 Å². The molecule has 0 aromatic heterocycles. The van der Waals surface area contributed by atoms with Gasteiger partial charge in [-0.3, -0.25) is 9.79 Å². The van der Waals surface area contributed by atoms with Crippen LogP contribution in [0.25, 0.3) is 11.1 Å². The van der Waals surface area contributed by atoms with E-state index >= 15 is 0 Å². The molecule has 48 heavy (non-hydrogen) atoms. The Morgan fingerprint density at radius 3 is 1.54 bits per heavy atom. The molecule has 0 saturated carbocycles. The first-order chi connectivity index (χ1) is 23.1. The molecule has 8 nitrogen and oxygen atoms in total. The van der Waals surface area contributed by atoms with Gasteiger partial charge in [0, 0.05) is 6.54 Å². The second-order valence-electron chi connectivity index (χ2n) is 12.9. The lowest BCUT2D eigenvalue weighted by molar-refractivity contribution is 0.261. The van der Waals surface area contributed by atoms with E-state index in [9.17, 15) is 4.57 Å². The van der Waals surface area contributed by atoms with E-state index in [2.05, 4.69) is 72.7 Å². The summed E-state index contributed by atoms with van der Waals surface area (Å²) >= 11 is 0. The van der Waals surface area contributed by atoms with Crippen molar-refractivity contribution in [3.05, 3.63) is 95.1 Å². The normalized spacial score (nSPS) is 15.4. The first kappa shape index (κ1) is 39.5. The van der Waals surface area contributed by atoms with E-state index in [1.54, 1.807) is 12.1 Å². The molecule has 3 aromatic carbocycles. The largest absolute Gasteiger partial charge is 0.524 e. The summed E-state index contributed by atoms with van der Waals surface area (Å²) in [6, 6.07) is 23.6. The van der Waals surface area contributed by atoms with E-state index in [4.69, 9.17) is 19.0 Å². The molecule has 264 valence electrons. The zero-order valence-electron chi connectivity index (χ0n) is 29.7. The van der Waals surface area contributed by atoms with Crippen LogP contribution in [0.3, 0.4) is 0 Å². The molecule has 4 N–H and O–H groups in total. The summed E-state index contributed by atoms with van der Waals surface area (Å²) in [5.74, 6) is 1.38. The van der Waals surface area contributed by atoms with E-state index in [-0.39, 0.29) is 5.75 Å². The first-order valence-electron chi connectivity index (χ1n) is 17.6. The summed E-state index contributed by atoms with van der Waals surface area (Å²) < 4.78 is 21.9. The van der Waals surface area contributed by atoms with Crippen LogP contribution >= 0.6 is 7.82 Å². The first-order valence-corrected chi connectivity index (χ1v) is 19.1. The second-order valence-corrected chi connectivity index (χ2v) is 14.1. The lowest BCUT2D eigenvalue weighted by atomic mass is 9.87. The van der Waals surface area contributed by atoms with Crippen LogP contribution in [0.5, 0.6) is 11.5 Å². The SMILES string of the molecule is C1CCNCC1.C1CCNCC1.CC/C(=C(/c1ccc(OCCN(C)C)cc1)c1ccc(OP(=O)(O)O)cc1)c1ccc(C(C)C)cc1. The molecule has 2 saturated heterocycles. The number of likely N-dealkylation sites (N-methyl/N-ethyl adjacent to an activating group) is 1. The fourth-order valence-corrected chi connectivity index (χ4v) is 5.99. The Balaban J connectivity index is 0.000000432. The highest BCUT2D eigenvalue weighted by molar-refractivity contribution is 7.46. The van der Waals surface area contributed by atoms with Gasteiger partial charge in [0.1, 0.15) is 18.1 Å². The Hall–Kier alpha value is -2.97. The third-order valence-corrected chi connectivity index (χ3v) is 8.76. The Kier molecular flexibility index (Phi) is 17.4. The number of phosphoric acid groups is 1. The molecular formula is C39H58N3O5P. The van der Waals surface area contributed by atoms with Crippen LogP contribution in [0.1, 0.15) is 93.9 Å². The monoisotopic (exact) mass is 679 g/mol. The summed E-state index contributed by atoms with van der Waals surface area (Å²) in [7, 11) is -0.593. The summed E-state index contributed by atoms with van der Waals surface area (Å²) in [6.07, 6.45) is 9.23. The van der Waals surface area contributed by atoms with Gasteiger partial charge >= 0.3 is 7.82 Å². The van der Waals surface area contributed by atoms with Gasteiger partial charge in [0.25, 0.3) is 0 Å². The minimum absolute atomic E-state index is 0.121. The van der Waals surface area contributed by atoms with Crippen LogP contribution in [0, 0.1) is 0 Å². The second kappa shape index (κ2) is 21.2. The van der Waals surface area contributed by atoms with E-state index in [1.165, 1.54) is 75.8 Å². The zero-order chi connectivity index (χ0) is 34.8. The van der Waals surface area contributed by atoms with Crippen LogP contribution in [0.15, 0.2) is 72.8 Å². The van der Waals surface area contributed by atoms with Crippen molar-refractivity contribution in [2.75, 3.05) is 53.4 Å². The summed E-state index contributed by atoms with van der Waals surface area (Å²) in [5.41, 5.74) is 6.61. The van der Waals surface area contributed by atoms with Gasteiger partial charge in [0.15, 0.2) is 0 Å². The number of rotatable bonds is 11. The molecule has 3 aromatic rings. The average molecular weight is 680 g/mol. The van der Waals surface area contributed by atoms with Gasteiger partial charge in [0.05, 0.1) is 0 Å². The molecule has 0 unspecified atom stereocenters. The molecular weight excluding hydrogens is 621 g/mol. The number of piperidine rings is 2. The maximum Gasteiger partial charge on any atom is 0.524 e. The van der Waals surface area contributed by atoms with Crippen molar-refractivity contribution in [1.29, 1.82) is 0 Å². The van der Waals surface area contributed by atoms with Crippen LogP contribution in [-0.2, 0) is 4.57 Å². The molecule has 0 bridgehead atoms. The smallest absolute Gasteiger partial charge is 0.492 e. The van der Waals surface area contributed by atoms with Gasteiger partial charge in [-0.05, 0) is 136 Å². The Labute approximate surface area is 289 Å². The van der Waals surface area contributed by atoms with E-state index < -0.39 is 7.82 Å². The number of ether oxygens (including phenoxy) is 1. The van der Waals surface area contributed by atoms with Crippen LogP contribution in [-0.4, -0.2) is 68.1 Å². The maximum absolute atomic E-state index is 11.2. The molecule has 0 spiro atoms. The lowest BCUT2D eigenvalue weighted by Crippen LogP contribution is -2.21. The third kappa shape index (κ3) is 14.7. The third-order valence-electron chi connectivity index (χ3n) is 8.31. The highest BCUT2D eigenvalue weighted by atomic mass is 31.2. The predicted molar refractivity (Wildman–Crippen MR) is 200 cm³/mol. The molecule has 2 aliphatic heterocycles. The van der Waals surface area contributed by atoms with Gasteiger partial charge in [-0.2, -0.15) is 0 Å². The van der Waals surface area contributed by atoms with Gasteiger partial charge in [-0.25, -0.2) is 4.57 Å². The number of phosphoric ester groups is 1. The number of nitrogens with zero attached hydrogens (tertiary/aromatic N) is 1. The van der Waals surface area contributed by atoms with Crippen LogP contribution < -0.4 is 19.9 Å². The molecule has 2 fully saturated rings. The van der Waals surface area contributed by atoms with Crippen molar-refractivity contribution >= 4 is 19.0 Å². The quantitative estimate of drug-likeness (QED) is 0.119. The predicted octanol–water partition coefficient (Wildman–Crippen LogP) is 8.11. The Bertz CT molecular complexity index is 1360. The molecule has 5 rings (SSSR count). The van der Waals surface area contributed by atoms with Gasteiger partial charge < -0.3 is 24.8 Å². The van der Waals surface area contributed by atoms with E-state index in [0.717, 1.165) is 41.0 Å². The fraction of sp³-hybridized carbons (Fsp3) is 0.487. The number of nitrogens with one attached hydrogen (secondary N) is 2. The molecule has 0 amide bonds. The number of allylic oxidation sites excluding steroid dienone is 1. The summed E-state index contributed by atoms with van der Waals surface area (Å²) in [4.78, 5) is 20.4. The molecule has 9 heteroatoms. The standard InChI is InChI=1S/C29H36NO5P.2C5H11N/c1-6-28(23-9-7-22(8-10-23)21(2)3)29(25-13-17-27(18-14-25)35-36(31,32)33)24-11-15-26(16-12-24)34-20-19-30(4)5;2*1-2-4-6-5-3-1/h7-18,21H,6,19-20H2,1-5H3,(H2,31,32,33);2*6H,1-5H2/b29-28+;;. The number of hydrogen-bond acceptors (Lipinski definition) is 6. The van der Waals surface area contributed by atoms with Crippen molar-refractivity contribution < 1.29 is 23.6 Å². The minimum Gasteiger partial charge on any atom is -0.492 e. The minimum atomic E-state index is -4.62. The maximum atomic E-state index is 11.2. The molecule has 0 atom stereocenters. The zero-order valence-corrected chi connectivity index (χ0v) is 30.6. The van der Waals surface area contributed by atoms with Crippen LogP contribution in [0.2, 0.25) is 0 Å². The van der Waals surface area contributed by atoms with Crippen molar-refractivity contribution in [2.24, 2.45) is 0 Å². The molecule has 0 radical (unpaired) electrons. The van der Waals surface area contributed by atoms with Crippen molar-refractivity contribution in [1.82, 2.24) is 15.5 Å². The average Bonchev–Trinajstić information content (AvgIpc) is 3.09. The van der Waals surface area contributed by atoms with Crippen molar-refractivity contribution in [3.63, 3.8) is 0 Å². The highest BCUT2D eigenvalue weighted by Gasteiger charge is 2.18. The van der Waals surface area contributed by atoms with E-state index in [0.29, 0.717) is 12.5 Å². The lowest BCUT2D eigenvalue weighted by Gasteiger charge is -2.18. The molecule has 0 aliphatic carbocycles. The van der Waals surface area contributed by atoms with Gasteiger partial charge in [0.2, 0.25) is 0 Å². The van der Waals surface area contributed by atoms with Gasteiger partial charge in [-0.1, -0.05) is 82.1 Å². The topological polar surface area (TPSA) is 103 Å². The number of hydrogen-bond donors (Lipinski definition) is 4. The molecule has 2 aliphatic rings. The Morgan fingerprint density at radius 2 is 1.19 bits per heavy atom. The fourth-order valence-electron chi connectivity index (χ4n) is 5.60. The number of benzene rings is 3. The Morgan fingerprint density at radius 1 is 0.729 bits per heavy atom. The van der Waals surface area contributed by atoms with E-state index in [1.807, 2.05) is 38.4 Å². The highest BCUT2D eigenvalue weighted by Crippen LogP contribution is 2.40. The summed E-state index contributed by atoms with van der Waals surface area (Å²) in [6.45, 7) is 12.9. The van der Waals surface area contributed by atoms with Crippen molar-refractivity contribution in [2.45, 2.75) is 71.6 Å². The summed E-state index contributed by atoms with van der Waals surface area (Å²) in [5, 5.41) is 6.57. The molecule has 2 heterocycles. The van der Waals surface area contributed by atoms with Crippen LogP contribution in [0.4, 0.5) is 0 Å².